The molecule has 1 unspecified atom stereocenters. The first kappa shape index (κ1) is 13.1. The topological polar surface area (TPSA) is 43.8 Å². The standard InChI is InChI=1S/C13H16FN3S/c1-17-7-6-16-13(17)8-11(15)9-18-12-4-2-10(14)3-5-12/h2-7,11H,8-9,15H2,1H3. The lowest BCUT2D eigenvalue weighted by molar-refractivity contribution is 0.626. The van der Waals surface area contributed by atoms with Gasteiger partial charge in [0.2, 0.25) is 0 Å². The van der Waals surface area contributed by atoms with Crippen LogP contribution in [0.2, 0.25) is 0 Å². The number of aryl methyl sites for hydroxylation is 1. The van der Waals surface area contributed by atoms with Gasteiger partial charge in [-0.3, -0.25) is 0 Å². The molecule has 2 aromatic rings. The Morgan fingerprint density at radius 2 is 2.11 bits per heavy atom. The van der Waals surface area contributed by atoms with E-state index in [9.17, 15) is 4.39 Å². The number of nitrogens with zero attached hydrogens (tertiary/aromatic N) is 2. The molecule has 0 amide bonds. The second-order valence-electron chi connectivity index (χ2n) is 4.18. The van der Waals surface area contributed by atoms with Gasteiger partial charge in [-0.15, -0.1) is 11.8 Å². The van der Waals surface area contributed by atoms with Crippen LogP contribution in [0.1, 0.15) is 5.82 Å². The van der Waals surface area contributed by atoms with Crippen LogP contribution < -0.4 is 5.73 Å². The number of aromatic nitrogens is 2. The predicted octanol–water partition coefficient (Wildman–Crippen LogP) is 2.22. The van der Waals surface area contributed by atoms with Crippen LogP contribution in [0.15, 0.2) is 41.6 Å². The maximum Gasteiger partial charge on any atom is 0.123 e. The minimum absolute atomic E-state index is 0.0427. The molecule has 1 heterocycles. The average Bonchev–Trinajstić information content (AvgIpc) is 2.74. The highest BCUT2D eigenvalue weighted by molar-refractivity contribution is 7.99. The summed E-state index contributed by atoms with van der Waals surface area (Å²) in [5.74, 6) is 1.57. The first-order chi connectivity index (χ1) is 8.65. The highest BCUT2D eigenvalue weighted by Gasteiger charge is 2.08. The molecule has 0 saturated carbocycles. The average molecular weight is 265 g/mol. The van der Waals surface area contributed by atoms with E-state index in [4.69, 9.17) is 5.73 Å². The van der Waals surface area contributed by atoms with E-state index in [0.717, 1.165) is 22.9 Å². The molecular weight excluding hydrogens is 249 g/mol. The molecule has 0 aliphatic carbocycles. The van der Waals surface area contributed by atoms with E-state index in [1.54, 1.807) is 30.1 Å². The van der Waals surface area contributed by atoms with E-state index in [1.807, 2.05) is 17.8 Å². The van der Waals surface area contributed by atoms with Crippen LogP contribution in [0.5, 0.6) is 0 Å². The van der Waals surface area contributed by atoms with Crippen LogP contribution >= 0.6 is 11.8 Å². The van der Waals surface area contributed by atoms with Crippen molar-refractivity contribution in [2.24, 2.45) is 12.8 Å². The number of rotatable bonds is 5. The molecule has 1 atom stereocenters. The van der Waals surface area contributed by atoms with Crippen LogP contribution in [0.25, 0.3) is 0 Å². The highest BCUT2D eigenvalue weighted by Crippen LogP contribution is 2.19. The molecular formula is C13H16FN3S. The largest absolute Gasteiger partial charge is 0.338 e. The van der Waals surface area contributed by atoms with Crippen molar-refractivity contribution in [3.8, 4) is 0 Å². The van der Waals surface area contributed by atoms with Gasteiger partial charge in [0.15, 0.2) is 0 Å². The minimum Gasteiger partial charge on any atom is -0.338 e. The van der Waals surface area contributed by atoms with Crippen LogP contribution in [-0.2, 0) is 13.5 Å². The van der Waals surface area contributed by atoms with Gasteiger partial charge in [-0.1, -0.05) is 0 Å². The van der Waals surface area contributed by atoms with Crippen LogP contribution in [0.4, 0.5) is 4.39 Å². The Bertz CT molecular complexity index is 495. The summed E-state index contributed by atoms with van der Waals surface area (Å²) in [5.41, 5.74) is 6.06. The van der Waals surface area contributed by atoms with Gasteiger partial charge >= 0.3 is 0 Å². The van der Waals surface area contributed by atoms with Crippen molar-refractivity contribution in [1.29, 1.82) is 0 Å². The summed E-state index contributed by atoms with van der Waals surface area (Å²) in [4.78, 5) is 5.28. The summed E-state index contributed by atoms with van der Waals surface area (Å²) in [7, 11) is 1.96. The molecule has 0 aliphatic rings. The van der Waals surface area contributed by atoms with E-state index in [2.05, 4.69) is 4.98 Å². The van der Waals surface area contributed by atoms with Gasteiger partial charge < -0.3 is 10.3 Å². The SMILES string of the molecule is Cn1ccnc1CC(N)CSc1ccc(F)cc1. The van der Waals surface area contributed by atoms with Crippen LogP contribution in [-0.4, -0.2) is 21.3 Å². The second-order valence-corrected chi connectivity index (χ2v) is 5.28. The zero-order valence-electron chi connectivity index (χ0n) is 10.2. The number of nitrogens with two attached hydrogens (primary N) is 1. The molecule has 0 radical (unpaired) electrons. The lowest BCUT2D eigenvalue weighted by atomic mass is 10.2. The Labute approximate surface area is 110 Å². The number of hydrogen-bond acceptors (Lipinski definition) is 3. The summed E-state index contributed by atoms with van der Waals surface area (Å²) < 4.78 is 14.7. The molecule has 2 N–H and O–H groups in total. The van der Waals surface area contributed by atoms with Crippen LogP contribution in [0, 0.1) is 5.82 Å². The van der Waals surface area contributed by atoms with Crippen molar-refractivity contribution >= 4 is 11.8 Å². The number of benzene rings is 1. The Morgan fingerprint density at radius 3 is 2.72 bits per heavy atom. The summed E-state index contributed by atoms with van der Waals surface area (Å²) in [6, 6.07) is 6.52. The third kappa shape index (κ3) is 3.58. The Hall–Kier alpha value is -1.33. The van der Waals surface area contributed by atoms with Crippen molar-refractivity contribution < 1.29 is 4.39 Å². The third-order valence-corrected chi connectivity index (χ3v) is 3.84. The lowest BCUT2D eigenvalue weighted by Crippen LogP contribution is -2.26. The van der Waals surface area contributed by atoms with Gasteiger partial charge in [0.1, 0.15) is 11.6 Å². The minimum atomic E-state index is -0.211. The third-order valence-electron chi connectivity index (χ3n) is 2.64. The zero-order chi connectivity index (χ0) is 13.0. The van der Waals surface area contributed by atoms with E-state index < -0.39 is 0 Å². The number of thioether (sulfide) groups is 1. The van der Waals surface area contributed by atoms with Gasteiger partial charge in [-0.05, 0) is 24.3 Å². The quantitative estimate of drug-likeness (QED) is 0.843. The number of hydrogen-bond donors (Lipinski definition) is 1. The van der Waals surface area contributed by atoms with Gasteiger partial charge in [0.25, 0.3) is 0 Å². The van der Waals surface area contributed by atoms with Crippen molar-refractivity contribution in [3.63, 3.8) is 0 Å². The summed E-state index contributed by atoms with van der Waals surface area (Å²) >= 11 is 1.64. The molecule has 0 fully saturated rings. The number of halogens is 1. The highest BCUT2D eigenvalue weighted by atomic mass is 32.2. The van der Waals surface area contributed by atoms with Crippen molar-refractivity contribution in [1.82, 2.24) is 9.55 Å². The van der Waals surface area contributed by atoms with E-state index in [1.165, 1.54) is 12.1 Å². The molecule has 96 valence electrons. The fourth-order valence-corrected chi connectivity index (χ4v) is 2.47. The Balaban J connectivity index is 1.83. The first-order valence-electron chi connectivity index (χ1n) is 5.75. The normalized spacial score (nSPS) is 12.6. The molecule has 18 heavy (non-hydrogen) atoms. The smallest absolute Gasteiger partial charge is 0.123 e. The summed E-state index contributed by atoms with van der Waals surface area (Å²) in [6.07, 6.45) is 4.43. The molecule has 0 spiro atoms. The summed E-state index contributed by atoms with van der Waals surface area (Å²) in [6.45, 7) is 0. The van der Waals surface area contributed by atoms with E-state index in [-0.39, 0.29) is 11.9 Å². The van der Waals surface area contributed by atoms with Crippen molar-refractivity contribution in [2.75, 3.05) is 5.75 Å². The van der Waals surface area contributed by atoms with Crippen molar-refractivity contribution in [2.45, 2.75) is 17.4 Å². The fraction of sp³-hybridized carbons (Fsp3) is 0.308. The van der Waals surface area contributed by atoms with Crippen molar-refractivity contribution in [3.05, 3.63) is 48.3 Å². The van der Waals surface area contributed by atoms with Gasteiger partial charge in [-0.25, -0.2) is 9.37 Å². The molecule has 1 aromatic carbocycles. The summed E-state index contributed by atoms with van der Waals surface area (Å²) in [5, 5.41) is 0. The Kier molecular flexibility index (Phi) is 4.38. The zero-order valence-corrected chi connectivity index (χ0v) is 11.0. The van der Waals surface area contributed by atoms with Crippen LogP contribution in [0.3, 0.4) is 0 Å². The van der Waals surface area contributed by atoms with E-state index >= 15 is 0 Å². The molecule has 3 nitrogen and oxygen atoms in total. The fourth-order valence-electron chi connectivity index (χ4n) is 1.62. The Morgan fingerprint density at radius 1 is 1.39 bits per heavy atom. The first-order valence-corrected chi connectivity index (χ1v) is 6.74. The van der Waals surface area contributed by atoms with Gasteiger partial charge in [0, 0.05) is 42.6 Å². The maximum absolute atomic E-state index is 12.7. The molecule has 1 aromatic heterocycles. The molecule has 2 rings (SSSR count). The molecule has 0 bridgehead atoms. The second kappa shape index (κ2) is 6.02. The molecule has 0 saturated heterocycles. The number of imidazole rings is 1. The van der Waals surface area contributed by atoms with Gasteiger partial charge in [0.05, 0.1) is 0 Å². The predicted molar refractivity (Wildman–Crippen MR) is 72.0 cm³/mol. The monoisotopic (exact) mass is 265 g/mol. The maximum atomic E-state index is 12.7. The molecule has 5 heteroatoms. The molecule has 0 aliphatic heterocycles. The van der Waals surface area contributed by atoms with Gasteiger partial charge in [-0.2, -0.15) is 0 Å². The lowest BCUT2D eigenvalue weighted by Gasteiger charge is -2.11. The van der Waals surface area contributed by atoms with E-state index in [0.29, 0.717) is 0 Å².